The van der Waals surface area contributed by atoms with Crippen molar-refractivity contribution in [2.75, 3.05) is 40.4 Å². The molecule has 0 bridgehead atoms. The van der Waals surface area contributed by atoms with E-state index in [2.05, 4.69) is 4.52 Å². The predicted octanol–water partition coefficient (Wildman–Crippen LogP) is -1.47. The van der Waals surface area contributed by atoms with Crippen molar-refractivity contribution in [3.05, 3.63) is 0 Å². The van der Waals surface area contributed by atoms with E-state index < -0.39 is 7.82 Å². The molecule has 0 aromatic carbocycles. The molecule has 7 heteroatoms. The Balaban J connectivity index is 3.69. The molecule has 0 heterocycles. The van der Waals surface area contributed by atoms with Crippen molar-refractivity contribution in [3.8, 4) is 0 Å². The molecule has 0 spiro atoms. The zero-order valence-electron chi connectivity index (χ0n) is 7.84. The average molecular weight is 213 g/mol. The van der Waals surface area contributed by atoms with Gasteiger partial charge in [0.05, 0.1) is 20.7 Å². The van der Waals surface area contributed by atoms with E-state index in [1.807, 2.05) is 14.1 Å². The van der Waals surface area contributed by atoms with Crippen LogP contribution in [0.5, 0.6) is 0 Å². The van der Waals surface area contributed by atoms with Gasteiger partial charge >= 0.3 is 0 Å². The molecule has 0 aromatic rings. The van der Waals surface area contributed by atoms with Crippen molar-refractivity contribution >= 4 is 7.82 Å². The molecule has 0 aliphatic heterocycles. The fourth-order valence-electron chi connectivity index (χ4n) is 0.786. The third-order valence-corrected chi connectivity index (χ3v) is 2.17. The number of nitrogens with zero attached hydrogens (tertiary/aromatic N) is 1. The van der Waals surface area contributed by atoms with Crippen molar-refractivity contribution in [2.24, 2.45) is 0 Å². The first-order chi connectivity index (χ1) is 5.77. The topological polar surface area (TPSA) is 89.8 Å². The second-order valence-electron chi connectivity index (χ2n) is 3.41. The predicted molar refractivity (Wildman–Crippen MR) is 44.7 cm³/mol. The molecular weight excluding hydrogens is 197 g/mol. The normalized spacial score (nSPS) is 17.0. The van der Waals surface area contributed by atoms with E-state index in [1.165, 1.54) is 0 Å². The van der Waals surface area contributed by atoms with Crippen molar-refractivity contribution in [2.45, 2.75) is 0 Å². The third-order valence-electron chi connectivity index (χ3n) is 1.66. The molecule has 0 saturated heterocycles. The largest absolute Gasteiger partial charge is 0.756 e. The molecule has 2 N–H and O–H groups in total. The van der Waals surface area contributed by atoms with Gasteiger partial charge in [-0.05, 0) is 0 Å². The summed E-state index contributed by atoms with van der Waals surface area (Å²) in [5, 5.41) is 8.64. The van der Waals surface area contributed by atoms with Gasteiger partial charge in [-0.15, -0.1) is 0 Å². The van der Waals surface area contributed by atoms with E-state index in [0.29, 0.717) is 17.6 Å². The van der Waals surface area contributed by atoms with Gasteiger partial charge < -0.3 is 23.9 Å². The lowest BCUT2D eigenvalue weighted by atomic mass is 10.4. The van der Waals surface area contributed by atoms with E-state index >= 15 is 0 Å². The molecule has 0 fully saturated rings. The van der Waals surface area contributed by atoms with E-state index in [0.717, 1.165) is 0 Å². The molecule has 0 saturated carbocycles. The van der Waals surface area contributed by atoms with Crippen LogP contribution in [-0.4, -0.2) is 54.9 Å². The highest BCUT2D eigenvalue weighted by Gasteiger charge is 2.14. The SMILES string of the molecule is C[N+](C)(CCO)CCOP(=O)([O-])O. The van der Waals surface area contributed by atoms with Crippen LogP contribution < -0.4 is 4.89 Å². The Labute approximate surface area is 77.6 Å². The average Bonchev–Trinajstić information content (AvgIpc) is 1.82. The maximum Gasteiger partial charge on any atom is 0.265 e. The Kier molecular flexibility index (Phi) is 5.06. The number of aliphatic hydroxyl groups excluding tert-OH is 1. The highest BCUT2D eigenvalue weighted by Crippen LogP contribution is 2.29. The molecule has 0 aromatic heterocycles. The second kappa shape index (κ2) is 5.05. The fourth-order valence-corrected chi connectivity index (χ4v) is 1.10. The first kappa shape index (κ1) is 13.0. The Morgan fingerprint density at radius 2 is 2.00 bits per heavy atom. The van der Waals surface area contributed by atoms with Crippen molar-refractivity contribution < 1.29 is 28.5 Å². The Bertz CT molecular complexity index is 189. The molecule has 6 nitrogen and oxygen atoms in total. The Morgan fingerprint density at radius 1 is 1.46 bits per heavy atom. The molecule has 0 rings (SSSR count). The minimum Gasteiger partial charge on any atom is -0.756 e. The number of phosphoric acid groups is 1. The number of quaternary nitrogens is 1. The summed E-state index contributed by atoms with van der Waals surface area (Å²) in [7, 11) is -0.941. The molecule has 0 amide bonds. The molecular formula is C6H16NO5P. The Hall–Kier alpha value is 0.0300. The van der Waals surface area contributed by atoms with Crippen LogP contribution >= 0.6 is 7.82 Å². The van der Waals surface area contributed by atoms with Crippen LogP contribution in [0.1, 0.15) is 0 Å². The van der Waals surface area contributed by atoms with Crippen LogP contribution in [-0.2, 0) is 9.09 Å². The molecule has 1 unspecified atom stereocenters. The summed E-state index contributed by atoms with van der Waals surface area (Å²) in [6.45, 7) is 0.872. The first-order valence-corrected chi connectivity index (χ1v) is 5.37. The molecule has 1 atom stereocenters. The van der Waals surface area contributed by atoms with E-state index in [1.54, 1.807) is 0 Å². The van der Waals surface area contributed by atoms with Crippen LogP contribution in [0.3, 0.4) is 0 Å². The number of likely N-dealkylation sites (N-methyl/N-ethyl adjacent to an activating group) is 1. The molecule has 13 heavy (non-hydrogen) atoms. The first-order valence-electron chi connectivity index (χ1n) is 3.88. The van der Waals surface area contributed by atoms with Crippen molar-refractivity contribution in [3.63, 3.8) is 0 Å². The van der Waals surface area contributed by atoms with Crippen LogP contribution in [0, 0.1) is 0 Å². The van der Waals surface area contributed by atoms with E-state index in [9.17, 15) is 9.46 Å². The molecule has 0 radical (unpaired) electrons. The van der Waals surface area contributed by atoms with Crippen LogP contribution in [0.25, 0.3) is 0 Å². The summed E-state index contributed by atoms with van der Waals surface area (Å²) in [5.74, 6) is 0. The maximum absolute atomic E-state index is 10.2. The van der Waals surface area contributed by atoms with Gasteiger partial charge in [-0.25, -0.2) is 0 Å². The lowest BCUT2D eigenvalue weighted by Crippen LogP contribution is -2.44. The Morgan fingerprint density at radius 3 is 2.38 bits per heavy atom. The fraction of sp³-hybridized carbons (Fsp3) is 1.00. The highest BCUT2D eigenvalue weighted by molar-refractivity contribution is 7.44. The quantitative estimate of drug-likeness (QED) is 0.415. The summed E-state index contributed by atoms with van der Waals surface area (Å²) in [5.41, 5.74) is 0. The number of hydrogen-bond donors (Lipinski definition) is 2. The summed E-state index contributed by atoms with van der Waals surface area (Å²) in [6, 6.07) is 0. The summed E-state index contributed by atoms with van der Waals surface area (Å²) < 4.78 is 14.8. The van der Waals surface area contributed by atoms with Gasteiger partial charge in [0.1, 0.15) is 19.7 Å². The summed E-state index contributed by atoms with van der Waals surface area (Å²) in [4.78, 5) is 18.4. The van der Waals surface area contributed by atoms with Crippen LogP contribution in [0.2, 0.25) is 0 Å². The zero-order chi connectivity index (χ0) is 10.5. The smallest absolute Gasteiger partial charge is 0.265 e. The van der Waals surface area contributed by atoms with Gasteiger partial charge in [-0.2, -0.15) is 0 Å². The second-order valence-corrected chi connectivity index (χ2v) is 4.60. The van der Waals surface area contributed by atoms with E-state index in [4.69, 9.17) is 10.00 Å². The van der Waals surface area contributed by atoms with Gasteiger partial charge in [0.15, 0.2) is 0 Å². The van der Waals surface area contributed by atoms with Gasteiger partial charge in [-0.1, -0.05) is 0 Å². The zero-order valence-corrected chi connectivity index (χ0v) is 8.74. The number of aliphatic hydroxyl groups is 1. The maximum atomic E-state index is 10.2. The van der Waals surface area contributed by atoms with Gasteiger partial charge in [-0.3, -0.25) is 4.57 Å². The van der Waals surface area contributed by atoms with Gasteiger partial charge in [0.2, 0.25) is 0 Å². The highest BCUT2D eigenvalue weighted by atomic mass is 31.2. The van der Waals surface area contributed by atoms with Gasteiger partial charge in [0, 0.05) is 0 Å². The number of phosphoric ester groups is 1. The number of rotatable bonds is 6. The lowest BCUT2D eigenvalue weighted by molar-refractivity contribution is -0.890. The molecule has 0 aliphatic rings. The van der Waals surface area contributed by atoms with Gasteiger partial charge in [0.25, 0.3) is 7.82 Å². The van der Waals surface area contributed by atoms with Crippen molar-refractivity contribution in [1.29, 1.82) is 0 Å². The van der Waals surface area contributed by atoms with Crippen molar-refractivity contribution in [1.82, 2.24) is 0 Å². The summed E-state index contributed by atoms with van der Waals surface area (Å²) >= 11 is 0. The lowest BCUT2D eigenvalue weighted by Gasteiger charge is -2.29. The number of hydrogen-bond acceptors (Lipinski definition) is 4. The third kappa shape index (κ3) is 8.36. The summed E-state index contributed by atoms with van der Waals surface area (Å²) in [6.07, 6.45) is 0. The molecule has 0 aliphatic carbocycles. The minimum absolute atomic E-state index is 0.0289. The standard InChI is InChI=1S/C6H16NO5P/c1-7(2,3-5-8)4-6-12-13(9,10)11/h8H,3-6H2,1-2H3,(H-,9,10,11). The van der Waals surface area contributed by atoms with Crippen LogP contribution in [0.4, 0.5) is 0 Å². The molecule has 80 valence electrons. The monoisotopic (exact) mass is 213 g/mol. The van der Waals surface area contributed by atoms with E-state index in [-0.39, 0.29) is 13.2 Å². The minimum atomic E-state index is -4.59. The van der Waals surface area contributed by atoms with Crippen LogP contribution in [0.15, 0.2) is 0 Å².